The number of non-ortho nitro benzene ring substituents is 1. The number of hydrogen-bond donors (Lipinski definition) is 0. The second-order valence-corrected chi connectivity index (χ2v) is 10.2. The molecule has 2 aromatic rings. The topological polar surface area (TPSA) is 86.5 Å². The third kappa shape index (κ3) is 5.67. The van der Waals surface area contributed by atoms with Crippen molar-refractivity contribution < 1.29 is 19.2 Å². The molecule has 0 bridgehead atoms. The van der Waals surface area contributed by atoms with Crippen LogP contribution in [0.25, 0.3) is 0 Å². The average molecular weight is 452 g/mol. The van der Waals surface area contributed by atoms with Crippen molar-refractivity contribution >= 4 is 17.4 Å². The van der Waals surface area contributed by atoms with E-state index in [1.165, 1.54) is 12.1 Å². The van der Waals surface area contributed by atoms with E-state index in [9.17, 15) is 19.7 Å². The molecule has 0 aliphatic carbocycles. The van der Waals surface area contributed by atoms with E-state index in [2.05, 4.69) is 0 Å². The highest BCUT2D eigenvalue weighted by Gasteiger charge is 2.51. The van der Waals surface area contributed by atoms with Crippen LogP contribution >= 0.6 is 0 Å². The molecule has 1 saturated heterocycles. The lowest BCUT2D eigenvalue weighted by molar-refractivity contribution is -0.385. The molecule has 6 nitrogen and oxygen atoms in total. The standard InChI is InChI=1S/C27H33NO5/c1-5-15-27(16-14-19-10-7-6-8-11-19)18-22(29)23(25(30)33-27)24(26(2,3)4)20-12-9-13-21(17-20)28(31)32/h6-13,17,23-24H,5,14-16,18H2,1-4H3. The van der Waals surface area contributed by atoms with Crippen molar-refractivity contribution in [2.45, 2.75) is 71.3 Å². The molecule has 6 heteroatoms. The zero-order chi connectivity index (χ0) is 24.2. The second kappa shape index (κ2) is 9.86. The van der Waals surface area contributed by atoms with Crippen molar-refractivity contribution in [1.82, 2.24) is 0 Å². The van der Waals surface area contributed by atoms with Gasteiger partial charge in [0.2, 0.25) is 0 Å². The van der Waals surface area contributed by atoms with E-state index in [1.807, 2.05) is 58.0 Å². The van der Waals surface area contributed by atoms with Gasteiger partial charge in [0.25, 0.3) is 5.69 Å². The van der Waals surface area contributed by atoms with E-state index in [-0.39, 0.29) is 17.9 Å². The summed E-state index contributed by atoms with van der Waals surface area (Å²) >= 11 is 0. The maximum Gasteiger partial charge on any atom is 0.317 e. The molecule has 1 aliphatic rings. The average Bonchev–Trinajstić information content (AvgIpc) is 2.75. The Morgan fingerprint density at radius 2 is 1.79 bits per heavy atom. The predicted octanol–water partition coefficient (Wildman–Crippen LogP) is 6.03. The van der Waals surface area contributed by atoms with Crippen LogP contribution in [0.1, 0.15) is 70.4 Å². The molecule has 0 N–H and O–H groups in total. The van der Waals surface area contributed by atoms with Gasteiger partial charge in [-0.05, 0) is 35.8 Å². The zero-order valence-electron chi connectivity index (χ0n) is 19.9. The van der Waals surface area contributed by atoms with Crippen molar-refractivity contribution in [2.75, 3.05) is 0 Å². The summed E-state index contributed by atoms with van der Waals surface area (Å²) in [7, 11) is 0. The lowest BCUT2D eigenvalue weighted by atomic mass is 9.65. The molecule has 1 aliphatic heterocycles. The van der Waals surface area contributed by atoms with Gasteiger partial charge in [-0.2, -0.15) is 0 Å². The molecule has 1 heterocycles. The van der Waals surface area contributed by atoms with Gasteiger partial charge in [0.05, 0.1) is 4.92 Å². The highest BCUT2D eigenvalue weighted by molar-refractivity contribution is 6.02. The fourth-order valence-corrected chi connectivity index (χ4v) is 5.09. The lowest BCUT2D eigenvalue weighted by Gasteiger charge is -2.43. The number of carbonyl (C=O) groups excluding carboxylic acids is 2. The van der Waals surface area contributed by atoms with Crippen LogP contribution < -0.4 is 0 Å². The Morgan fingerprint density at radius 1 is 1.09 bits per heavy atom. The number of ether oxygens (including phenoxy) is 1. The highest BCUT2D eigenvalue weighted by Crippen LogP contribution is 2.47. The van der Waals surface area contributed by atoms with Crippen LogP contribution in [-0.2, 0) is 20.7 Å². The third-order valence-corrected chi connectivity index (χ3v) is 6.54. The Morgan fingerprint density at radius 3 is 2.36 bits per heavy atom. The SMILES string of the molecule is CCCC1(CCc2ccccc2)CC(=O)C(C(c2cccc([N+](=O)[O-])c2)C(C)(C)C)C(=O)O1. The summed E-state index contributed by atoms with van der Waals surface area (Å²) in [5.41, 5.74) is 0.410. The number of hydrogen-bond acceptors (Lipinski definition) is 5. The lowest BCUT2D eigenvalue weighted by Crippen LogP contribution is -2.51. The van der Waals surface area contributed by atoms with Gasteiger partial charge in [0.1, 0.15) is 11.5 Å². The van der Waals surface area contributed by atoms with E-state index >= 15 is 0 Å². The first kappa shape index (κ1) is 24.6. The predicted molar refractivity (Wildman–Crippen MR) is 127 cm³/mol. The van der Waals surface area contributed by atoms with Gasteiger partial charge in [0.15, 0.2) is 5.78 Å². The second-order valence-electron chi connectivity index (χ2n) is 10.2. The number of rotatable bonds is 8. The van der Waals surface area contributed by atoms with Crippen LogP contribution in [0.5, 0.6) is 0 Å². The van der Waals surface area contributed by atoms with Crippen molar-refractivity contribution in [1.29, 1.82) is 0 Å². The molecule has 0 aromatic heterocycles. The summed E-state index contributed by atoms with van der Waals surface area (Å²) in [5, 5.41) is 11.3. The number of nitrogens with zero attached hydrogens (tertiary/aromatic N) is 1. The fourth-order valence-electron chi connectivity index (χ4n) is 5.09. The van der Waals surface area contributed by atoms with Crippen molar-refractivity contribution in [3.8, 4) is 0 Å². The first-order valence-corrected chi connectivity index (χ1v) is 11.6. The number of nitro benzene ring substituents is 1. The summed E-state index contributed by atoms with van der Waals surface area (Å²) in [6, 6.07) is 16.2. The number of aryl methyl sites for hydroxylation is 1. The Bertz CT molecular complexity index is 991. The maximum atomic E-state index is 13.6. The number of Topliss-reactive ketones (excluding diaryl/α,β-unsaturated/α-hetero) is 1. The van der Waals surface area contributed by atoms with Gasteiger partial charge >= 0.3 is 5.97 Å². The highest BCUT2D eigenvalue weighted by atomic mass is 16.6. The number of benzene rings is 2. The minimum atomic E-state index is -0.978. The van der Waals surface area contributed by atoms with E-state index in [1.54, 1.807) is 12.1 Å². The smallest absolute Gasteiger partial charge is 0.317 e. The minimum absolute atomic E-state index is 0.0541. The van der Waals surface area contributed by atoms with Crippen LogP contribution in [0.2, 0.25) is 0 Å². The molecule has 1 fully saturated rings. The van der Waals surface area contributed by atoms with Crippen LogP contribution in [0.3, 0.4) is 0 Å². The Kier molecular flexibility index (Phi) is 7.35. The molecule has 3 rings (SSSR count). The number of nitro groups is 1. The van der Waals surface area contributed by atoms with E-state index < -0.39 is 33.7 Å². The summed E-state index contributed by atoms with van der Waals surface area (Å²) < 4.78 is 6.10. The van der Waals surface area contributed by atoms with E-state index in [4.69, 9.17) is 4.74 Å². The Balaban J connectivity index is 1.91. The normalized spacial score (nSPS) is 22.0. The first-order valence-electron chi connectivity index (χ1n) is 11.6. The number of cyclic esters (lactones) is 1. The molecule has 176 valence electrons. The molecular weight excluding hydrogens is 418 g/mol. The first-order chi connectivity index (χ1) is 15.6. The van der Waals surface area contributed by atoms with Crippen molar-refractivity contribution in [3.05, 3.63) is 75.8 Å². The Labute approximate surface area is 195 Å². The molecule has 3 unspecified atom stereocenters. The summed E-state index contributed by atoms with van der Waals surface area (Å²) in [6.07, 6.45) is 2.91. The summed E-state index contributed by atoms with van der Waals surface area (Å²) in [6.45, 7) is 7.86. The van der Waals surface area contributed by atoms with Crippen LogP contribution in [0, 0.1) is 21.4 Å². The van der Waals surface area contributed by atoms with Crippen LogP contribution in [0.4, 0.5) is 5.69 Å². The summed E-state index contributed by atoms with van der Waals surface area (Å²) in [5.74, 6) is -2.15. The summed E-state index contributed by atoms with van der Waals surface area (Å²) in [4.78, 5) is 37.8. The number of ketones is 1. The zero-order valence-corrected chi connectivity index (χ0v) is 19.9. The van der Waals surface area contributed by atoms with Crippen LogP contribution in [-0.4, -0.2) is 22.3 Å². The van der Waals surface area contributed by atoms with Gasteiger partial charge in [-0.3, -0.25) is 19.7 Å². The molecule has 0 spiro atoms. The Hall–Kier alpha value is -3.02. The van der Waals surface area contributed by atoms with Crippen molar-refractivity contribution in [2.24, 2.45) is 11.3 Å². The molecule has 33 heavy (non-hydrogen) atoms. The largest absolute Gasteiger partial charge is 0.458 e. The molecular formula is C27H33NO5. The molecule has 0 radical (unpaired) electrons. The number of esters is 1. The van der Waals surface area contributed by atoms with Gasteiger partial charge in [-0.1, -0.05) is 76.6 Å². The van der Waals surface area contributed by atoms with Gasteiger partial charge in [0, 0.05) is 24.5 Å². The molecule has 3 atom stereocenters. The van der Waals surface area contributed by atoms with E-state index in [0.717, 1.165) is 18.4 Å². The maximum absolute atomic E-state index is 13.6. The van der Waals surface area contributed by atoms with Crippen LogP contribution in [0.15, 0.2) is 54.6 Å². The van der Waals surface area contributed by atoms with E-state index in [0.29, 0.717) is 18.4 Å². The fraction of sp³-hybridized carbons (Fsp3) is 0.481. The quantitative estimate of drug-likeness (QED) is 0.212. The molecule has 2 aromatic carbocycles. The molecule has 0 amide bonds. The minimum Gasteiger partial charge on any atom is -0.458 e. The van der Waals surface area contributed by atoms with Crippen molar-refractivity contribution in [3.63, 3.8) is 0 Å². The number of carbonyl (C=O) groups is 2. The monoisotopic (exact) mass is 451 g/mol. The van der Waals surface area contributed by atoms with Gasteiger partial charge < -0.3 is 4.74 Å². The van der Waals surface area contributed by atoms with Gasteiger partial charge in [-0.15, -0.1) is 0 Å². The molecule has 0 saturated carbocycles. The third-order valence-electron chi connectivity index (χ3n) is 6.54. The van der Waals surface area contributed by atoms with Gasteiger partial charge in [-0.25, -0.2) is 0 Å².